The number of anilines is 1. The summed E-state index contributed by atoms with van der Waals surface area (Å²) in [4.78, 5) is 13.1. The van der Waals surface area contributed by atoms with Gasteiger partial charge in [0.1, 0.15) is 11.6 Å². The maximum Gasteiger partial charge on any atom is 0.266 e. The molecule has 186 valence electrons. The molecular weight excluding hydrogens is 464 g/mol. The van der Waals surface area contributed by atoms with E-state index in [0.29, 0.717) is 35.0 Å². The second-order valence-corrected chi connectivity index (χ2v) is 8.58. The van der Waals surface area contributed by atoms with Gasteiger partial charge in [0.05, 0.1) is 26.5 Å². The Balaban J connectivity index is 1.76. The molecule has 1 amide bonds. The molecular formula is C30H28N4O3. The van der Waals surface area contributed by atoms with Gasteiger partial charge in [-0.25, -0.2) is 0 Å². The second kappa shape index (κ2) is 11.3. The number of para-hydroxylation sites is 1. The van der Waals surface area contributed by atoms with Crippen LogP contribution in [0.5, 0.6) is 11.5 Å². The van der Waals surface area contributed by atoms with Gasteiger partial charge < -0.3 is 14.8 Å². The molecule has 4 aromatic rings. The van der Waals surface area contributed by atoms with Crippen LogP contribution in [-0.2, 0) is 11.3 Å². The quantitative estimate of drug-likeness (QED) is 0.249. The van der Waals surface area contributed by atoms with Crippen LogP contribution < -0.4 is 14.8 Å². The summed E-state index contributed by atoms with van der Waals surface area (Å²) in [6, 6.07) is 23.3. The molecule has 0 saturated carbocycles. The number of carbonyl (C=O) groups excluding carboxylic acids is 1. The largest absolute Gasteiger partial charge is 0.493 e. The van der Waals surface area contributed by atoms with Gasteiger partial charge in [-0.3, -0.25) is 9.48 Å². The molecule has 1 heterocycles. The highest BCUT2D eigenvalue weighted by Gasteiger charge is 2.17. The van der Waals surface area contributed by atoms with Crippen LogP contribution in [-0.4, -0.2) is 29.9 Å². The average Bonchev–Trinajstić information content (AvgIpc) is 3.31. The van der Waals surface area contributed by atoms with E-state index in [0.717, 1.165) is 22.3 Å². The molecule has 0 bridgehead atoms. The fourth-order valence-electron chi connectivity index (χ4n) is 4.10. The number of rotatable bonds is 8. The van der Waals surface area contributed by atoms with Crippen molar-refractivity contribution < 1.29 is 14.3 Å². The lowest BCUT2D eigenvalue weighted by molar-refractivity contribution is -0.112. The first-order chi connectivity index (χ1) is 17.9. The van der Waals surface area contributed by atoms with Crippen LogP contribution in [0.3, 0.4) is 0 Å². The molecule has 7 heteroatoms. The highest BCUT2D eigenvalue weighted by molar-refractivity contribution is 6.10. The van der Waals surface area contributed by atoms with Gasteiger partial charge in [0.15, 0.2) is 11.5 Å². The van der Waals surface area contributed by atoms with E-state index >= 15 is 0 Å². The van der Waals surface area contributed by atoms with Gasteiger partial charge in [0.2, 0.25) is 0 Å². The lowest BCUT2D eigenvalue weighted by atomic mass is 10.0. The highest BCUT2D eigenvalue weighted by atomic mass is 16.5. The Bertz CT molecular complexity index is 1480. The summed E-state index contributed by atoms with van der Waals surface area (Å²) in [5.74, 6) is 0.674. The van der Waals surface area contributed by atoms with Gasteiger partial charge in [-0.1, -0.05) is 48.5 Å². The summed E-state index contributed by atoms with van der Waals surface area (Å²) in [6.45, 7) is 4.37. The van der Waals surface area contributed by atoms with Crippen molar-refractivity contribution in [1.82, 2.24) is 9.78 Å². The molecule has 0 saturated heterocycles. The first-order valence-electron chi connectivity index (χ1n) is 11.8. The number of nitriles is 1. The Labute approximate surface area is 216 Å². The van der Waals surface area contributed by atoms with E-state index in [9.17, 15) is 10.1 Å². The number of hydrogen-bond donors (Lipinski definition) is 1. The minimum Gasteiger partial charge on any atom is -0.493 e. The van der Waals surface area contributed by atoms with Crippen LogP contribution in [0.4, 0.5) is 5.69 Å². The highest BCUT2D eigenvalue weighted by Crippen LogP contribution is 2.34. The molecule has 0 radical (unpaired) electrons. The van der Waals surface area contributed by atoms with Crippen molar-refractivity contribution in [3.05, 3.63) is 101 Å². The van der Waals surface area contributed by atoms with Crippen molar-refractivity contribution in [2.45, 2.75) is 20.4 Å². The van der Waals surface area contributed by atoms with E-state index in [-0.39, 0.29) is 5.57 Å². The zero-order chi connectivity index (χ0) is 26.4. The van der Waals surface area contributed by atoms with Crippen LogP contribution in [0.15, 0.2) is 78.5 Å². The molecule has 1 aromatic heterocycles. The molecule has 1 N–H and O–H groups in total. The number of ether oxygens (including phenoxy) is 2. The maximum atomic E-state index is 13.1. The zero-order valence-electron chi connectivity index (χ0n) is 21.3. The van der Waals surface area contributed by atoms with Crippen LogP contribution in [0, 0.1) is 25.2 Å². The summed E-state index contributed by atoms with van der Waals surface area (Å²) in [5.41, 5.74) is 5.62. The number of aryl methyl sites for hydroxylation is 2. The Morgan fingerprint density at radius 1 is 1.00 bits per heavy atom. The number of aromatic nitrogens is 2. The van der Waals surface area contributed by atoms with E-state index in [4.69, 9.17) is 14.6 Å². The van der Waals surface area contributed by atoms with Gasteiger partial charge in [0.25, 0.3) is 5.91 Å². The van der Waals surface area contributed by atoms with E-state index < -0.39 is 5.91 Å². The van der Waals surface area contributed by atoms with Crippen LogP contribution in [0.2, 0.25) is 0 Å². The Morgan fingerprint density at radius 3 is 2.35 bits per heavy atom. The number of carbonyl (C=O) groups is 1. The fourth-order valence-corrected chi connectivity index (χ4v) is 4.10. The lowest BCUT2D eigenvalue weighted by Gasteiger charge is -2.11. The number of benzene rings is 3. The molecule has 7 nitrogen and oxygen atoms in total. The summed E-state index contributed by atoms with van der Waals surface area (Å²) < 4.78 is 12.6. The van der Waals surface area contributed by atoms with Crippen LogP contribution in [0.1, 0.15) is 22.3 Å². The number of nitrogens with one attached hydrogen (secondary N) is 1. The first-order valence-corrected chi connectivity index (χ1v) is 11.8. The van der Waals surface area contributed by atoms with Gasteiger partial charge in [-0.2, -0.15) is 10.4 Å². The standard InChI is InChI=1S/C30H28N4O3/c1-20-9-8-10-21(2)28(20)32-30(35)24(17-31)15-25-19-34(18-22-11-6-5-7-12-22)33-29(25)23-13-14-26(36-3)27(16-23)37-4/h5-16,19H,18H2,1-4H3,(H,32,35)/b24-15+. The smallest absolute Gasteiger partial charge is 0.266 e. The van der Waals surface area contributed by atoms with Crippen LogP contribution >= 0.6 is 0 Å². The maximum absolute atomic E-state index is 13.1. The number of amides is 1. The van der Waals surface area contributed by atoms with Gasteiger partial charge in [0, 0.05) is 23.0 Å². The summed E-state index contributed by atoms with van der Waals surface area (Å²) >= 11 is 0. The van der Waals surface area contributed by atoms with Crippen LogP contribution in [0.25, 0.3) is 17.3 Å². The third kappa shape index (κ3) is 5.71. The summed E-state index contributed by atoms with van der Waals surface area (Å²) in [6.07, 6.45) is 3.41. The molecule has 0 aliphatic carbocycles. The third-order valence-electron chi connectivity index (χ3n) is 6.02. The monoisotopic (exact) mass is 492 g/mol. The molecule has 4 rings (SSSR count). The lowest BCUT2D eigenvalue weighted by Crippen LogP contribution is -2.15. The van der Waals surface area contributed by atoms with Crippen molar-refractivity contribution in [3.8, 4) is 28.8 Å². The molecule has 0 aliphatic heterocycles. The Morgan fingerprint density at radius 2 is 1.70 bits per heavy atom. The van der Waals surface area contributed by atoms with E-state index in [2.05, 4.69) is 11.4 Å². The van der Waals surface area contributed by atoms with Crippen molar-refractivity contribution in [3.63, 3.8) is 0 Å². The first kappa shape index (κ1) is 25.3. The molecule has 0 fully saturated rings. The van der Waals surface area contributed by atoms with E-state index in [1.54, 1.807) is 31.0 Å². The minimum atomic E-state index is -0.478. The average molecular weight is 493 g/mol. The van der Waals surface area contributed by atoms with Gasteiger partial charge in [-0.15, -0.1) is 0 Å². The molecule has 0 unspecified atom stereocenters. The fraction of sp³-hybridized carbons (Fsp3) is 0.167. The number of hydrogen-bond acceptors (Lipinski definition) is 5. The Hall–Kier alpha value is -4.83. The SMILES string of the molecule is COc1ccc(-c2nn(Cc3ccccc3)cc2/C=C(\C#N)C(=O)Nc2c(C)cccc2C)cc1OC. The van der Waals surface area contributed by atoms with E-state index in [1.165, 1.54) is 0 Å². The van der Waals surface area contributed by atoms with E-state index in [1.807, 2.05) is 80.7 Å². The zero-order valence-corrected chi connectivity index (χ0v) is 21.3. The molecule has 0 spiro atoms. The number of methoxy groups -OCH3 is 2. The van der Waals surface area contributed by atoms with Crippen molar-refractivity contribution in [2.75, 3.05) is 19.5 Å². The molecule has 0 atom stereocenters. The van der Waals surface area contributed by atoms with Crippen molar-refractivity contribution in [2.24, 2.45) is 0 Å². The molecule has 0 aliphatic rings. The molecule has 3 aromatic carbocycles. The topological polar surface area (TPSA) is 89.2 Å². The van der Waals surface area contributed by atoms with Crippen molar-refractivity contribution in [1.29, 1.82) is 5.26 Å². The summed E-state index contributed by atoms with van der Waals surface area (Å²) in [7, 11) is 3.15. The third-order valence-corrected chi connectivity index (χ3v) is 6.02. The second-order valence-electron chi connectivity index (χ2n) is 8.58. The summed E-state index contributed by atoms with van der Waals surface area (Å²) in [5, 5.41) is 17.6. The predicted molar refractivity (Wildman–Crippen MR) is 144 cm³/mol. The number of nitrogens with zero attached hydrogens (tertiary/aromatic N) is 3. The normalized spacial score (nSPS) is 11.1. The predicted octanol–water partition coefficient (Wildman–Crippen LogP) is 5.78. The van der Waals surface area contributed by atoms with Gasteiger partial charge >= 0.3 is 0 Å². The van der Waals surface area contributed by atoms with Gasteiger partial charge in [-0.05, 0) is 54.8 Å². The minimum absolute atomic E-state index is 0.0244. The molecule has 37 heavy (non-hydrogen) atoms. The Kier molecular flexibility index (Phi) is 7.70. The van der Waals surface area contributed by atoms with Crippen molar-refractivity contribution >= 4 is 17.7 Å².